The summed E-state index contributed by atoms with van der Waals surface area (Å²) in [5, 5.41) is 2.73. The summed E-state index contributed by atoms with van der Waals surface area (Å²) >= 11 is 0. The fourth-order valence-corrected chi connectivity index (χ4v) is 3.79. The van der Waals surface area contributed by atoms with E-state index < -0.39 is 5.92 Å². The number of amides is 3. The second kappa shape index (κ2) is 7.07. The van der Waals surface area contributed by atoms with Crippen molar-refractivity contribution in [3.63, 3.8) is 0 Å². The molecule has 2 aromatic rings. The topological polar surface area (TPSA) is 69.7 Å². The zero-order valence-corrected chi connectivity index (χ0v) is 15.4. The van der Waals surface area contributed by atoms with Gasteiger partial charge in [0.1, 0.15) is 5.82 Å². The van der Waals surface area contributed by atoms with Gasteiger partial charge in [-0.1, -0.05) is 0 Å². The fourth-order valence-electron chi connectivity index (χ4n) is 3.79. The predicted molar refractivity (Wildman–Crippen MR) is 104 cm³/mol. The van der Waals surface area contributed by atoms with Gasteiger partial charge in [0.15, 0.2) is 0 Å². The maximum absolute atomic E-state index is 13.0. The maximum Gasteiger partial charge on any atom is 0.229 e. The van der Waals surface area contributed by atoms with Crippen LogP contribution in [-0.4, -0.2) is 30.8 Å². The average molecular weight is 381 g/mol. The van der Waals surface area contributed by atoms with Gasteiger partial charge >= 0.3 is 0 Å². The van der Waals surface area contributed by atoms with Crippen LogP contribution in [-0.2, 0) is 20.8 Å². The van der Waals surface area contributed by atoms with Crippen LogP contribution in [0, 0.1) is 11.7 Å². The van der Waals surface area contributed by atoms with E-state index in [-0.39, 0.29) is 30.0 Å². The molecule has 3 amide bonds. The molecule has 0 unspecified atom stereocenters. The first-order valence-electron chi connectivity index (χ1n) is 9.20. The fraction of sp³-hybridized carbons (Fsp3) is 0.286. The van der Waals surface area contributed by atoms with Gasteiger partial charge in [0.05, 0.1) is 5.92 Å². The molecule has 0 saturated carbocycles. The van der Waals surface area contributed by atoms with Crippen LogP contribution in [0.25, 0.3) is 0 Å². The van der Waals surface area contributed by atoms with Crippen LogP contribution in [0.5, 0.6) is 0 Å². The molecule has 0 aromatic heterocycles. The molecule has 0 radical (unpaired) electrons. The van der Waals surface area contributed by atoms with Crippen molar-refractivity contribution < 1.29 is 18.8 Å². The zero-order valence-electron chi connectivity index (χ0n) is 15.4. The molecule has 4 rings (SSSR count). The molecule has 7 heteroatoms. The normalized spacial score (nSPS) is 18.4. The molecule has 2 aliphatic heterocycles. The van der Waals surface area contributed by atoms with E-state index in [0.29, 0.717) is 18.8 Å². The molecule has 0 bridgehead atoms. The molecule has 1 atom stereocenters. The molecule has 0 aliphatic carbocycles. The Labute approximate surface area is 161 Å². The summed E-state index contributed by atoms with van der Waals surface area (Å²) < 4.78 is 13.0. The summed E-state index contributed by atoms with van der Waals surface area (Å²) in [5.41, 5.74) is 3.15. The SMILES string of the molecule is CC(=O)N1CCc2cc(N3C[C@@H](C(=O)Nc4ccc(F)cc4)CC3=O)ccc21. The highest BCUT2D eigenvalue weighted by Crippen LogP contribution is 2.34. The molecule has 0 spiro atoms. The Balaban J connectivity index is 1.47. The molecule has 2 aliphatic rings. The van der Waals surface area contributed by atoms with Crippen molar-refractivity contribution in [3.8, 4) is 0 Å². The third-order valence-corrected chi connectivity index (χ3v) is 5.26. The Kier molecular flexibility index (Phi) is 4.58. The molecule has 144 valence electrons. The predicted octanol–water partition coefficient (Wildman–Crippen LogP) is 2.73. The number of hydrogen-bond donors (Lipinski definition) is 1. The van der Waals surface area contributed by atoms with Gasteiger partial charge in [-0.3, -0.25) is 14.4 Å². The highest BCUT2D eigenvalue weighted by Gasteiger charge is 2.36. The van der Waals surface area contributed by atoms with Crippen molar-refractivity contribution >= 4 is 34.8 Å². The van der Waals surface area contributed by atoms with E-state index in [2.05, 4.69) is 5.32 Å². The van der Waals surface area contributed by atoms with Crippen LogP contribution in [0.2, 0.25) is 0 Å². The van der Waals surface area contributed by atoms with Crippen LogP contribution < -0.4 is 15.1 Å². The molecule has 28 heavy (non-hydrogen) atoms. The Hall–Kier alpha value is -3.22. The van der Waals surface area contributed by atoms with Crippen LogP contribution in [0.15, 0.2) is 42.5 Å². The second-order valence-corrected chi connectivity index (χ2v) is 7.14. The minimum atomic E-state index is -0.473. The third kappa shape index (κ3) is 3.35. The number of carbonyl (C=O) groups excluding carboxylic acids is 3. The Morgan fingerprint density at radius 1 is 1.14 bits per heavy atom. The van der Waals surface area contributed by atoms with Crippen molar-refractivity contribution in [1.29, 1.82) is 0 Å². The van der Waals surface area contributed by atoms with Crippen LogP contribution in [0.4, 0.5) is 21.5 Å². The minimum Gasteiger partial charge on any atom is -0.326 e. The molecule has 6 nitrogen and oxygen atoms in total. The standard InChI is InChI=1S/C21H20FN3O3/c1-13(26)24-9-8-14-10-18(6-7-19(14)24)25-12-15(11-20(25)27)21(28)23-17-4-2-16(22)3-5-17/h2-7,10,15H,8-9,11-12H2,1H3,(H,23,28)/t15-/m0/s1. The number of rotatable bonds is 3. The Morgan fingerprint density at radius 3 is 2.61 bits per heavy atom. The monoisotopic (exact) mass is 381 g/mol. The number of hydrogen-bond acceptors (Lipinski definition) is 3. The second-order valence-electron chi connectivity index (χ2n) is 7.14. The van der Waals surface area contributed by atoms with Gasteiger partial charge in [0.25, 0.3) is 0 Å². The Bertz CT molecular complexity index is 958. The van der Waals surface area contributed by atoms with E-state index in [1.165, 1.54) is 31.2 Å². The first-order chi connectivity index (χ1) is 13.4. The van der Waals surface area contributed by atoms with E-state index in [4.69, 9.17) is 0 Å². The summed E-state index contributed by atoms with van der Waals surface area (Å²) in [5.74, 6) is -1.21. The van der Waals surface area contributed by atoms with Gasteiger partial charge < -0.3 is 15.1 Å². The van der Waals surface area contributed by atoms with Gasteiger partial charge in [0, 0.05) is 43.5 Å². The van der Waals surface area contributed by atoms with E-state index in [0.717, 1.165) is 23.4 Å². The highest BCUT2D eigenvalue weighted by molar-refractivity contribution is 6.04. The van der Waals surface area contributed by atoms with Crippen molar-refractivity contribution in [2.45, 2.75) is 19.8 Å². The lowest BCUT2D eigenvalue weighted by atomic mass is 10.1. The van der Waals surface area contributed by atoms with Crippen LogP contribution in [0.1, 0.15) is 18.9 Å². The van der Waals surface area contributed by atoms with Gasteiger partial charge in [0.2, 0.25) is 17.7 Å². The number of anilines is 3. The first kappa shape index (κ1) is 18.2. The molecule has 1 fully saturated rings. The molecular formula is C21H20FN3O3. The molecule has 1 N–H and O–H groups in total. The number of nitrogens with one attached hydrogen (secondary N) is 1. The number of nitrogens with zero attached hydrogens (tertiary/aromatic N) is 2. The summed E-state index contributed by atoms with van der Waals surface area (Å²) in [6.07, 6.45) is 0.878. The number of carbonyl (C=O) groups is 3. The van der Waals surface area contributed by atoms with E-state index in [1.807, 2.05) is 18.2 Å². The quantitative estimate of drug-likeness (QED) is 0.889. The number of benzene rings is 2. The summed E-state index contributed by atoms with van der Waals surface area (Å²) in [6, 6.07) is 11.1. The van der Waals surface area contributed by atoms with Gasteiger partial charge in [-0.15, -0.1) is 0 Å². The molecular weight excluding hydrogens is 361 g/mol. The van der Waals surface area contributed by atoms with E-state index in [9.17, 15) is 18.8 Å². The minimum absolute atomic E-state index is 0.00118. The van der Waals surface area contributed by atoms with Crippen LogP contribution >= 0.6 is 0 Å². The van der Waals surface area contributed by atoms with Crippen LogP contribution in [0.3, 0.4) is 0 Å². The average Bonchev–Trinajstić information content (AvgIpc) is 3.26. The van der Waals surface area contributed by atoms with E-state index >= 15 is 0 Å². The van der Waals surface area contributed by atoms with Crippen molar-refractivity contribution in [1.82, 2.24) is 0 Å². The number of fused-ring (bicyclic) bond motifs is 1. The lowest BCUT2D eigenvalue weighted by Crippen LogP contribution is -2.28. The lowest BCUT2D eigenvalue weighted by molar-refractivity contribution is -0.122. The zero-order chi connectivity index (χ0) is 19.8. The van der Waals surface area contributed by atoms with Gasteiger partial charge in [-0.05, 0) is 54.4 Å². The van der Waals surface area contributed by atoms with Crippen molar-refractivity contribution in [3.05, 3.63) is 53.8 Å². The van der Waals surface area contributed by atoms with E-state index in [1.54, 1.807) is 9.80 Å². The Morgan fingerprint density at radius 2 is 1.89 bits per heavy atom. The molecule has 2 heterocycles. The van der Waals surface area contributed by atoms with Gasteiger partial charge in [-0.25, -0.2) is 4.39 Å². The lowest BCUT2D eigenvalue weighted by Gasteiger charge is -2.19. The third-order valence-electron chi connectivity index (χ3n) is 5.26. The van der Waals surface area contributed by atoms with Gasteiger partial charge in [-0.2, -0.15) is 0 Å². The first-order valence-corrected chi connectivity index (χ1v) is 9.20. The molecule has 1 saturated heterocycles. The molecule has 2 aromatic carbocycles. The van der Waals surface area contributed by atoms with Crippen molar-refractivity contribution in [2.75, 3.05) is 28.2 Å². The number of halogens is 1. The maximum atomic E-state index is 13.0. The highest BCUT2D eigenvalue weighted by atomic mass is 19.1. The summed E-state index contributed by atoms with van der Waals surface area (Å²) in [7, 11) is 0. The summed E-state index contributed by atoms with van der Waals surface area (Å²) in [6.45, 7) is 2.48. The largest absolute Gasteiger partial charge is 0.326 e. The summed E-state index contributed by atoms with van der Waals surface area (Å²) in [4.78, 5) is 40.0. The van der Waals surface area contributed by atoms with Crippen molar-refractivity contribution in [2.24, 2.45) is 5.92 Å². The smallest absolute Gasteiger partial charge is 0.229 e.